The average molecular weight is 339 g/mol. The van der Waals surface area contributed by atoms with E-state index in [1.807, 2.05) is 55.8 Å². The van der Waals surface area contributed by atoms with Crippen molar-refractivity contribution in [2.75, 3.05) is 6.54 Å². The minimum atomic E-state index is -0.699. The Hall–Kier alpha value is -2.43. The van der Waals surface area contributed by atoms with Crippen LogP contribution in [0.5, 0.6) is 0 Å². The van der Waals surface area contributed by atoms with Crippen LogP contribution in [-0.2, 0) is 21.5 Å². The molecule has 2 amide bonds. The summed E-state index contributed by atoms with van der Waals surface area (Å²) in [5, 5.41) is 0. The number of imide groups is 1. The summed E-state index contributed by atoms with van der Waals surface area (Å²) in [6.45, 7) is 7.18. The number of aromatic nitrogens is 2. The number of benzene rings is 1. The molecule has 0 bridgehead atoms. The standard InChI is InChI=1S/C20H25N3O2/c1-4-20(17-8-6-15(2)7-9-17)14-18(24)23(19(20)25)12-5-11-22-13-10-21-16(22)3/h6-10,13H,4-5,11-12,14H2,1-3H3. The Kier molecular flexibility index (Phi) is 4.75. The molecule has 0 aliphatic carbocycles. The summed E-state index contributed by atoms with van der Waals surface area (Å²) in [5.41, 5.74) is 1.40. The molecule has 2 heterocycles. The van der Waals surface area contributed by atoms with E-state index in [1.165, 1.54) is 4.90 Å². The van der Waals surface area contributed by atoms with Gasteiger partial charge in [0.05, 0.1) is 5.41 Å². The van der Waals surface area contributed by atoms with Gasteiger partial charge in [0.2, 0.25) is 11.8 Å². The van der Waals surface area contributed by atoms with Gasteiger partial charge >= 0.3 is 0 Å². The lowest BCUT2D eigenvalue weighted by atomic mass is 9.76. The predicted molar refractivity (Wildman–Crippen MR) is 96.1 cm³/mol. The Labute approximate surface area is 148 Å². The fourth-order valence-corrected chi connectivity index (χ4v) is 3.64. The molecule has 2 aromatic rings. The number of carbonyl (C=O) groups is 2. The summed E-state index contributed by atoms with van der Waals surface area (Å²) in [6, 6.07) is 7.99. The molecule has 1 unspecified atom stereocenters. The molecule has 1 saturated heterocycles. The Morgan fingerprint density at radius 2 is 1.84 bits per heavy atom. The Bertz CT molecular complexity index is 778. The highest BCUT2D eigenvalue weighted by Gasteiger charge is 2.51. The van der Waals surface area contributed by atoms with Gasteiger partial charge in [0.25, 0.3) is 0 Å². The van der Waals surface area contributed by atoms with E-state index in [0.717, 1.165) is 29.9 Å². The third-order valence-electron chi connectivity index (χ3n) is 5.32. The molecule has 0 saturated carbocycles. The lowest BCUT2D eigenvalue weighted by Gasteiger charge is -2.26. The van der Waals surface area contributed by atoms with E-state index in [2.05, 4.69) is 4.98 Å². The molecule has 0 N–H and O–H groups in total. The molecule has 1 atom stereocenters. The van der Waals surface area contributed by atoms with Crippen molar-refractivity contribution in [2.24, 2.45) is 0 Å². The Morgan fingerprint density at radius 1 is 1.12 bits per heavy atom. The van der Waals surface area contributed by atoms with E-state index in [-0.39, 0.29) is 18.2 Å². The van der Waals surface area contributed by atoms with Gasteiger partial charge in [-0.3, -0.25) is 14.5 Å². The molecule has 1 aromatic heterocycles. The third kappa shape index (κ3) is 3.11. The lowest BCUT2D eigenvalue weighted by molar-refractivity contribution is -0.140. The molecule has 5 heteroatoms. The smallest absolute Gasteiger partial charge is 0.240 e. The van der Waals surface area contributed by atoms with Crippen LogP contribution in [0, 0.1) is 13.8 Å². The van der Waals surface area contributed by atoms with Gasteiger partial charge in [-0.05, 0) is 32.3 Å². The summed E-state index contributed by atoms with van der Waals surface area (Å²) in [7, 11) is 0. The fourth-order valence-electron chi connectivity index (χ4n) is 3.64. The van der Waals surface area contributed by atoms with E-state index in [0.29, 0.717) is 13.0 Å². The number of aryl methyl sites for hydroxylation is 3. The van der Waals surface area contributed by atoms with Gasteiger partial charge in [0.1, 0.15) is 5.82 Å². The van der Waals surface area contributed by atoms with Crippen molar-refractivity contribution in [3.05, 3.63) is 53.6 Å². The fraction of sp³-hybridized carbons (Fsp3) is 0.450. The first-order valence-electron chi connectivity index (χ1n) is 8.87. The van der Waals surface area contributed by atoms with Crippen LogP contribution in [0.1, 0.15) is 43.1 Å². The van der Waals surface area contributed by atoms with Crippen LogP contribution in [0.15, 0.2) is 36.7 Å². The first-order valence-corrected chi connectivity index (χ1v) is 8.87. The van der Waals surface area contributed by atoms with Crippen molar-refractivity contribution in [2.45, 2.75) is 52.0 Å². The number of rotatable bonds is 6. The predicted octanol–water partition coefficient (Wildman–Crippen LogP) is 3.00. The molecule has 0 spiro atoms. The SMILES string of the molecule is CCC1(c2ccc(C)cc2)CC(=O)N(CCCn2ccnc2C)C1=O. The minimum absolute atomic E-state index is 0.0498. The van der Waals surface area contributed by atoms with Crippen LogP contribution < -0.4 is 0 Å². The lowest BCUT2D eigenvalue weighted by Crippen LogP contribution is -2.38. The van der Waals surface area contributed by atoms with E-state index in [4.69, 9.17) is 0 Å². The van der Waals surface area contributed by atoms with Gasteiger partial charge in [-0.15, -0.1) is 0 Å². The highest BCUT2D eigenvalue weighted by molar-refractivity contribution is 6.09. The van der Waals surface area contributed by atoms with Crippen molar-refractivity contribution in [1.29, 1.82) is 0 Å². The zero-order valence-corrected chi connectivity index (χ0v) is 15.2. The summed E-state index contributed by atoms with van der Waals surface area (Å²) in [6.07, 6.45) is 5.34. The van der Waals surface area contributed by atoms with Crippen LogP contribution in [0.25, 0.3) is 0 Å². The minimum Gasteiger partial charge on any atom is -0.335 e. The Morgan fingerprint density at radius 3 is 2.44 bits per heavy atom. The molecule has 1 fully saturated rings. The number of nitrogens with zero attached hydrogens (tertiary/aromatic N) is 3. The highest BCUT2D eigenvalue weighted by Crippen LogP contribution is 2.39. The van der Waals surface area contributed by atoms with Crippen molar-refractivity contribution < 1.29 is 9.59 Å². The zero-order valence-electron chi connectivity index (χ0n) is 15.2. The number of likely N-dealkylation sites (tertiary alicyclic amines) is 1. The van der Waals surface area contributed by atoms with Crippen molar-refractivity contribution in [3.63, 3.8) is 0 Å². The van der Waals surface area contributed by atoms with Gasteiger partial charge in [-0.1, -0.05) is 36.8 Å². The van der Waals surface area contributed by atoms with Crippen LogP contribution in [0.3, 0.4) is 0 Å². The van der Waals surface area contributed by atoms with E-state index in [1.54, 1.807) is 6.20 Å². The molecule has 1 aliphatic rings. The maximum Gasteiger partial charge on any atom is 0.240 e. The molecule has 5 nitrogen and oxygen atoms in total. The molecule has 1 aromatic carbocycles. The van der Waals surface area contributed by atoms with Crippen LogP contribution >= 0.6 is 0 Å². The molecule has 25 heavy (non-hydrogen) atoms. The van der Waals surface area contributed by atoms with Gasteiger partial charge in [0.15, 0.2) is 0 Å². The number of hydrogen-bond acceptors (Lipinski definition) is 3. The molecule has 0 radical (unpaired) electrons. The van der Waals surface area contributed by atoms with Crippen LogP contribution in [0.2, 0.25) is 0 Å². The summed E-state index contributed by atoms with van der Waals surface area (Å²) >= 11 is 0. The van der Waals surface area contributed by atoms with Crippen molar-refractivity contribution >= 4 is 11.8 Å². The third-order valence-corrected chi connectivity index (χ3v) is 5.32. The largest absolute Gasteiger partial charge is 0.335 e. The first-order chi connectivity index (χ1) is 12.0. The monoisotopic (exact) mass is 339 g/mol. The van der Waals surface area contributed by atoms with Gasteiger partial charge in [-0.2, -0.15) is 0 Å². The number of carbonyl (C=O) groups excluding carboxylic acids is 2. The first kappa shape index (κ1) is 17.4. The number of imidazole rings is 1. The molecule has 1 aliphatic heterocycles. The molecular weight excluding hydrogens is 314 g/mol. The zero-order chi connectivity index (χ0) is 18.0. The molecular formula is C20H25N3O2. The second-order valence-electron chi connectivity index (χ2n) is 6.85. The highest BCUT2D eigenvalue weighted by atomic mass is 16.2. The average Bonchev–Trinajstić information content (AvgIpc) is 3.11. The van der Waals surface area contributed by atoms with E-state index >= 15 is 0 Å². The summed E-state index contributed by atoms with van der Waals surface area (Å²) < 4.78 is 2.04. The van der Waals surface area contributed by atoms with Crippen LogP contribution in [-0.4, -0.2) is 32.8 Å². The maximum atomic E-state index is 13.1. The quantitative estimate of drug-likeness (QED) is 0.760. The summed E-state index contributed by atoms with van der Waals surface area (Å²) in [4.78, 5) is 31.3. The van der Waals surface area contributed by atoms with Crippen molar-refractivity contribution in [3.8, 4) is 0 Å². The van der Waals surface area contributed by atoms with Crippen LogP contribution in [0.4, 0.5) is 0 Å². The van der Waals surface area contributed by atoms with E-state index < -0.39 is 5.41 Å². The van der Waals surface area contributed by atoms with Gasteiger partial charge < -0.3 is 4.57 Å². The second-order valence-corrected chi connectivity index (χ2v) is 6.85. The maximum absolute atomic E-state index is 13.1. The van der Waals surface area contributed by atoms with Crippen molar-refractivity contribution in [1.82, 2.24) is 14.5 Å². The summed E-state index contributed by atoms with van der Waals surface area (Å²) in [5.74, 6) is 0.836. The van der Waals surface area contributed by atoms with E-state index in [9.17, 15) is 9.59 Å². The normalized spacial score (nSPS) is 20.5. The number of amides is 2. The Balaban J connectivity index is 1.74. The second kappa shape index (κ2) is 6.82. The van der Waals surface area contributed by atoms with Gasteiger partial charge in [0, 0.05) is 31.9 Å². The molecule has 132 valence electrons. The topological polar surface area (TPSA) is 55.2 Å². The van der Waals surface area contributed by atoms with Gasteiger partial charge in [-0.25, -0.2) is 4.98 Å². The molecule has 3 rings (SSSR count). The number of hydrogen-bond donors (Lipinski definition) is 0.